The van der Waals surface area contributed by atoms with E-state index in [2.05, 4.69) is 22.3 Å². The molecule has 0 aliphatic carbocycles. The smallest absolute Gasteiger partial charge is 0.416 e. The van der Waals surface area contributed by atoms with Crippen molar-refractivity contribution < 1.29 is 22.7 Å². The summed E-state index contributed by atoms with van der Waals surface area (Å²) >= 11 is 0. The van der Waals surface area contributed by atoms with Gasteiger partial charge in [-0.15, -0.1) is 10.2 Å². The molecule has 0 N–H and O–H groups in total. The highest BCUT2D eigenvalue weighted by Crippen LogP contribution is 2.38. The summed E-state index contributed by atoms with van der Waals surface area (Å²) in [6, 6.07) is 11.2. The number of rotatable bonds is 4. The molecular weight excluding hydrogens is 397 g/mol. The lowest BCUT2D eigenvalue weighted by Crippen LogP contribution is -2.39. The van der Waals surface area contributed by atoms with Crippen molar-refractivity contribution in [3.63, 3.8) is 0 Å². The Balaban J connectivity index is 1.51. The van der Waals surface area contributed by atoms with Crippen molar-refractivity contribution >= 4 is 11.6 Å². The van der Waals surface area contributed by atoms with Crippen LogP contribution in [0.5, 0.6) is 5.75 Å². The van der Waals surface area contributed by atoms with E-state index in [9.17, 15) is 18.0 Å². The van der Waals surface area contributed by atoms with Gasteiger partial charge < -0.3 is 9.64 Å². The van der Waals surface area contributed by atoms with Crippen LogP contribution in [0.3, 0.4) is 0 Å². The van der Waals surface area contributed by atoms with Crippen molar-refractivity contribution in [1.29, 1.82) is 0 Å². The molecule has 30 heavy (non-hydrogen) atoms. The first-order valence-corrected chi connectivity index (χ1v) is 9.65. The summed E-state index contributed by atoms with van der Waals surface area (Å²) in [5.41, 5.74) is 0.0285. The van der Waals surface area contributed by atoms with Gasteiger partial charge >= 0.3 is 6.18 Å². The molecule has 3 heterocycles. The van der Waals surface area contributed by atoms with Crippen LogP contribution in [0.1, 0.15) is 47.4 Å². The Hall–Kier alpha value is -3.28. The van der Waals surface area contributed by atoms with E-state index in [0.29, 0.717) is 43.9 Å². The molecule has 1 saturated heterocycles. The number of carbonyl (C=O) groups is 1. The minimum absolute atomic E-state index is 0.116. The van der Waals surface area contributed by atoms with Crippen LogP contribution in [-0.4, -0.2) is 45.1 Å². The van der Waals surface area contributed by atoms with Gasteiger partial charge in [0.2, 0.25) is 11.5 Å². The second-order valence-corrected chi connectivity index (χ2v) is 7.05. The van der Waals surface area contributed by atoms with Crippen LogP contribution >= 0.6 is 0 Å². The van der Waals surface area contributed by atoms with Crippen molar-refractivity contribution in [1.82, 2.24) is 19.5 Å². The molecular formula is C21H19F3N4O2. The second kappa shape index (κ2) is 7.86. The van der Waals surface area contributed by atoms with Gasteiger partial charge in [0.25, 0.3) is 5.91 Å². The van der Waals surface area contributed by atoms with Crippen molar-refractivity contribution in [2.45, 2.75) is 31.9 Å². The average Bonchev–Trinajstić information content (AvgIpc) is 3.16. The molecule has 1 fully saturated rings. The molecule has 9 heteroatoms. The number of hydrogen-bond acceptors (Lipinski definition) is 4. The lowest BCUT2D eigenvalue weighted by molar-refractivity contribution is -0.138. The largest absolute Gasteiger partial charge is 0.484 e. The summed E-state index contributed by atoms with van der Waals surface area (Å²) in [7, 11) is 0. The molecule has 156 valence electrons. The lowest BCUT2D eigenvalue weighted by atomic mass is 9.86. The van der Waals surface area contributed by atoms with E-state index in [1.54, 1.807) is 17.2 Å². The molecule has 2 aromatic heterocycles. The third-order valence-corrected chi connectivity index (χ3v) is 5.22. The number of benzene rings is 1. The Morgan fingerprint density at radius 3 is 2.63 bits per heavy atom. The fourth-order valence-corrected chi connectivity index (χ4v) is 3.79. The molecule has 0 bridgehead atoms. The Labute approximate surface area is 171 Å². The number of halogens is 3. The zero-order chi connectivity index (χ0) is 21.3. The predicted molar refractivity (Wildman–Crippen MR) is 101 cm³/mol. The second-order valence-electron chi connectivity index (χ2n) is 7.05. The number of carbonyl (C=O) groups excluding carboxylic acids is 1. The number of alkyl halides is 3. The number of piperidine rings is 1. The lowest BCUT2D eigenvalue weighted by Gasteiger charge is -2.32. The van der Waals surface area contributed by atoms with E-state index in [4.69, 9.17) is 4.74 Å². The maximum atomic E-state index is 13.3. The summed E-state index contributed by atoms with van der Waals surface area (Å²) in [5.74, 6) is -0.0479. The van der Waals surface area contributed by atoms with Gasteiger partial charge in [-0.25, -0.2) is 0 Å². The van der Waals surface area contributed by atoms with E-state index >= 15 is 0 Å². The predicted octanol–water partition coefficient (Wildman–Crippen LogP) is 3.77. The SMILES string of the molecule is CCOc1c#cc2nnc(C(=O)N3CCC(c4ccccc4C(F)(F)F)CC3)n2c1. The molecule has 1 aliphatic rings. The zero-order valence-corrected chi connectivity index (χ0v) is 16.2. The molecule has 0 saturated carbocycles. The standard InChI is InChI=1S/C21H19F3N4O2/c1-2-30-15-7-8-18-25-26-19(28(18)13-15)20(29)27-11-9-14(10-12-27)16-5-3-4-6-17(16)21(22,23)24/h3-6,13-14H,2,9-12H2,1H3. The number of aromatic nitrogens is 3. The average molecular weight is 416 g/mol. The molecule has 1 aliphatic heterocycles. The van der Waals surface area contributed by atoms with Crippen LogP contribution in [0.2, 0.25) is 0 Å². The first-order valence-electron chi connectivity index (χ1n) is 9.65. The number of ether oxygens (including phenoxy) is 1. The minimum atomic E-state index is -4.39. The van der Waals surface area contributed by atoms with Crippen molar-refractivity contribution in [2.24, 2.45) is 0 Å². The third-order valence-electron chi connectivity index (χ3n) is 5.22. The van der Waals surface area contributed by atoms with Gasteiger partial charge in [-0.1, -0.05) is 18.2 Å². The number of nitrogens with zero attached hydrogens (tertiary/aromatic N) is 4. The van der Waals surface area contributed by atoms with Crippen LogP contribution in [0.15, 0.2) is 30.5 Å². The molecule has 1 amide bonds. The number of hydrogen-bond donors (Lipinski definition) is 0. The molecule has 0 unspecified atom stereocenters. The van der Waals surface area contributed by atoms with Crippen molar-refractivity contribution in [3.05, 3.63) is 59.5 Å². The van der Waals surface area contributed by atoms with Gasteiger partial charge in [-0.05, 0) is 49.4 Å². The van der Waals surface area contributed by atoms with E-state index in [-0.39, 0.29) is 23.2 Å². The highest BCUT2D eigenvalue weighted by Gasteiger charge is 2.36. The van der Waals surface area contributed by atoms with Gasteiger partial charge in [0.15, 0.2) is 5.75 Å². The summed E-state index contributed by atoms with van der Waals surface area (Å²) in [6.07, 6.45) is -1.93. The number of amides is 1. The topological polar surface area (TPSA) is 59.7 Å². The minimum Gasteiger partial charge on any atom is -0.484 e. The van der Waals surface area contributed by atoms with Crippen molar-refractivity contribution in [2.75, 3.05) is 19.7 Å². The van der Waals surface area contributed by atoms with Gasteiger partial charge in [0.1, 0.15) is 0 Å². The van der Waals surface area contributed by atoms with Gasteiger partial charge in [0.05, 0.1) is 18.4 Å². The monoisotopic (exact) mass is 416 g/mol. The quantitative estimate of drug-likeness (QED) is 0.650. The van der Waals surface area contributed by atoms with Crippen LogP contribution in [0.25, 0.3) is 5.65 Å². The van der Waals surface area contributed by atoms with Gasteiger partial charge in [-0.2, -0.15) is 13.2 Å². The fraction of sp³-hybridized carbons (Fsp3) is 0.381. The molecule has 0 spiro atoms. The van der Waals surface area contributed by atoms with Gasteiger partial charge in [0, 0.05) is 13.1 Å². The van der Waals surface area contributed by atoms with Crippen LogP contribution in [-0.2, 0) is 6.18 Å². The summed E-state index contributed by atoms with van der Waals surface area (Å²) in [4.78, 5) is 14.6. The summed E-state index contributed by atoms with van der Waals surface area (Å²) in [6.45, 7) is 2.95. The zero-order valence-electron chi connectivity index (χ0n) is 16.2. The molecule has 3 aromatic rings. The third kappa shape index (κ3) is 3.77. The Bertz CT molecular complexity index is 1060. The molecule has 6 nitrogen and oxygen atoms in total. The molecule has 4 rings (SSSR count). The van der Waals surface area contributed by atoms with E-state index in [0.717, 1.165) is 6.07 Å². The summed E-state index contributed by atoms with van der Waals surface area (Å²) < 4.78 is 46.9. The molecule has 1 aromatic carbocycles. The van der Waals surface area contributed by atoms with E-state index in [1.807, 2.05) is 6.92 Å². The van der Waals surface area contributed by atoms with Crippen LogP contribution < -0.4 is 4.74 Å². The highest BCUT2D eigenvalue weighted by atomic mass is 19.4. The number of likely N-dealkylation sites (tertiary alicyclic amines) is 1. The first kappa shape index (κ1) is 20.0. The fourth-order valence-electron chi connectivity index (χ4n) is 3.79. The van der Waals surface area contributed by atoms with E-state index in [1.165, 1.54) is 16.5 Å². The Morgan fingerprint density at radius 1 is 1.20 bits per heavy atom. The van der Waals surface area contributed by atoms with Crippen LogP contribution in [0.4, 0.5) is 13.2 Å². The van der Waals surface area contributed by atoms with E-state index < -0.39 is 11.7 Å². The molecule has 0 atom stereocenters. The first-order chi connectivity index (χ1) is 14.4. The Morgan fingerprint density at radius 2 is 1.93 bits per heavy atom. The number of fused-ring (bicyclic) bond motifs is 1. The highest BCUT2D eigenvalue weighted by molar-refractivity contribution is 5.91. The normalized spacial score (nSPS) is 15.3. The maximum absolute atomic E-state index is 13.3. The van der Waals surface area contributed by atoms with Crippen molar-refractivity contribution in [3.8, 4) is 5.75 Å². The molecule has 0 radical (unpaired) electrons. The maximum Gasteiger partial charge on any atom is 0.416 e. The van der Waals surface area contributed by atoms with Gasteiger partial charge in [-0.3, -0.25) is 9.20 Å². The summed E-state index contributed by atoms with van der Waals surface area (Å²) in [5, 5.41) is 7.90. The Kier molecular flexibility index (Phi) is 5.24. The van der Waals surface area contributed by atoms with Crippen LogP contribution in [0, 0.1) is 12.1 Å².